The monoisotopic (exact) mass is 340 g/mol. The molecular weight excluding hydrogens is 316 g/mol. The second-order valence-electron chi connectivity index (χ2n) is 6.78. The number of H-pyrrole nitrogens is 1. The molecular formula is C20H24N2O3. The zero-order valence-corrected chi connectivity index (χ0v) is 15.0. The van der Waals surface area contributed by atoms with Crippen LogP contribution in [-0.4, -0.2) is 37.9 Å². The molecule has 0 spiro atoms. The van der Waals surface area contributed by atoms with Gasteiger partial charge in [0.15, 0.2) is 0 Å². The number of fused-ring (bicyclic) bond motifs is 1. The van der Waals surface area contributed by atoms with Gasteiger partial charge in [-0.05, 0) is 37.5 Å². The molecule has 3 rings (SSSR count). The third kappa shape index (κ3) is 3.28. The fourth-order valence-corrected chi connectivity index (χ4v) is 3.45. The van der Waals surface area contributed by atoms with Gasteiger partial charge >= 0.3 is 0 Å². The fourth-order valence-electron chi connectivity index (χ4n) is 3.45. The number of aromatic nitrogens is 1. The first-order valence-electron chi connectivity index (χ1n) is 8.46. The average Bonchev–Trinajstić information content (AvgIpc) is 2.62. The summed E-state index contributed by atoms with van der Waals surface area (Å²) in [5.41, 5.74) is 2.74. The zero-order valence-electron chi connectivity index (χ0n) is 15.0. The van der Waals surface area contributed by atoms with E-state index in [-0.39, 0.29) is 11.2 Å². The minimum atomic E-state index is -0.218. The van der Waals surface area contributed by atoms with Gasteiger partial charge in [0.1, 0.15) is 5.56 Å². The van der Waals surface area contributed by atoms with Crippen molar-refractivity contribution < 1.29 is 9.47 Å². The number of rotatable bonds is 4. The number of nitrogens with zero attached hydrogens (tertiary/aromatic N) is 1. The van der Waals surface area contributed by atoms with E-state index in [1.807, 2.05) is 12.1 Å². The lowest BCUT2D eigenvalue weighted by Crippen LogP contribution is -2.44. The molecule has 25 heavy (non-hydrogen) atoms. The number of methoxy groups -OCH3 is 2. The van der Waals surface area contributed by atoms with Gasteiger partial charge in [0.25, 0.3) is 5.56 Å². The minimum absolute atomic E-state index is 0.120. The Morgan fingerprint density at radius 3 is 2.64 bits per heavy atom. The highest BCUT2D eigenvalue weighted by Gasteiger charge is 2.31. The van der Waals surface area contributed by atoms with Crippen LogP contribution in [0.4, 0.5) is 5.69 Å². The number of piperidine rings is 1. The summed E-state index contributed by atoms with van der Waals surface area (Å²) in [6, 6.07) is 5.92. The quantitative estimate of drug-likeness (QED) is 0.870. The standard InChI is InChI=1S/C20H24N2O3/c1-5-15-18(22-10-8-20(2,25-4)9-11-22)16-12-14(13-24-3)6-7-17(16)21-19(15)23/h1,6-7,12H,8-11,13H2,2-4H3,(H,21,23). The SMILES string of the molecule is C#Cc1c(N2CCC(C)(OC)CC2)c2cc(COC)ccc2[nH]c1=O. The maximum absolute atomic E-state index is 12.4. The van der Waals surface area contributed by atoms with E-state index in [2.05, 4.69) is 28.8 Å². The molecule has 1 aromatic carbocycles. The van der Waals surface area contributed by atoms with E-state index in [9.17, 15) is 4.79 Å². The highest BCUT2D eigenvalue weighted by atomic mass is 16.5. The Morgan fingerprint density at radius 2 is 2.04 bits per heavy atom. The molecule has 1 aliphatic rings. The lowest BCUT2D eigenvalue weighted by molar-refractivity contribution is -0.0132. The highest BCUT2D eigenvalue weighted by Crippen LogP contribution is 2.33. The van der Waals surface area contributed by atoms with Gasteiger partial charge in [-0.15, -0.1) is 6.42 Å². The van der Waals surface area contributed by atoms with Crippen molar-refractivity contribution >= 4 is 16.6 Å². The molecule has 0 unspecified atom stereocenters. The van der Waals surface area contributed by atoms with E-state index in [4.69, 9.17) is 15.9 Å². The molecule has 1 aliphatic heterocycles. The van der Waals surface area contributed by atoms with Crippen LogP contribution in [0.1, 0.15) is 30.9 Å². The second kappa shape index (κ2) is 6.91. The van der Waals surface area contributed by atoms with Crippen LogP contribution in [0.5, 0.6) is 0 Å². The van der Waals surface area contributed by atoms with Gasteiger partial charge in [-0.25, -0.2) is 0 Å². The number of benzene rings is 1. The van der Waals surface area contributed by atoms with E-state index in [1.54, 1.807) is 14.2 Å². The maximum Gasteiger partial charge on any atom is 0.266 e. The van der Waals surface area contributed by atoms with Crippen LogP contribution in [0.3, 0.4) is 0 Å². The molecule has 2 aromatic rings. The molecule has 1 fully saturated rings. The van der Waals surface area contributed by atoms with Gasteiger partial charge in [-0.3, -0.25) is 4.79 Å². The molecule has 0 amide bonds. The molecule has 0 saturated carbocycles. The van der Waals surface area contributed by atoms with Crippen molar-refractivity contribution in [3.05, 3.63) is 39.7 Å². The van der Waals surface area contributed by atoms with Crippen molar-refractivity contribution in [2.45, 2.75) is 32.0 Å². The van der Waals surface area contributed by atoms with Crippen molar-refractivity contribution in [1.29, 1.82) is 0 Å². The Bertz CT molecular complexity index is 871. The third-order valence-electron chi connectivity index (χ3n) is 5.14. The summed E-state index contributed by atoms with van der Waals surface area (Å²) in [5.74, 6) is 2.59. The van der Waals surface area contributed by atoms with Crippen LogP contribution in [0.25, 0.3) is 10.9 Å². The lowest BCUT2D eigenvalue weighted by Gasteiger charge is -2.40. The number of terminal acetylenes is 1. The van der Waals surface area contributed by atoms with Gasteiger partial charge in [-0.2, -0.15) is 0 Å². The maximum atomic E-state index is 12.4. The summed E-state index contributed by atoms with van der Waals surface area (Å²) in [6.07, 6.45) is 7.46. The summed E-state index contributed by atoms with van der Waals surface area (Å²) < 4.78 is 10.9. The van der Waals surface area contributed by atoms with E-state index in [1.165, 1.54) is 0 Å². The minimum Gasteiger partial charge on any atom is -0.380 e. The predicted molar refractivity (Wildman–Crippen MR) is 100 cm³/mol. The van der Waals surface area contributed by atoms with Gasteiger partial charge in [0.2, 0.25) is 0 Å². The Labute approximate surface area is 147 Å². The molecule has 5 heteroatoms. The Kier molecular flexibility index (Phi) is 4.85. The van der Waals surface area contributed by atoms with Crippen LogP contribution in [-0.2, 0) is 16.1 Å². The van der Waals surface area contributed by atoms with Crippen molar-refractivity contribution in [3.8, 4) is 12.3 Å². The second-order valence-corrected chi connectivity index (χ2v) is 6.78. The largest absolute Gasteiger partial charge is 0.380 e. The summed E-state index contributed by atoms with van der Waals surface area (Å²) in [5, 5.41) is 0.961. The van der Waals surface area contributed by atoms with Crippen LogP contribution in [0.15, 0.2) is 23.0 Å². The van der Waals surface area contributed by atoms with E-state index < -0.39 is 0 Å². The highest BCUT2D eigenvalue weighted by molar-refractivity contribution is 5.95. The molecule has 1 saturated heterocycles. The van der Waals surface area contributed by atoms with E-state index in [0.29, 0.717) is 12.2 Å². The molecule has 5 nitrogen and oxygen atoms in total. The molecule has 0 bridgehead atoms. The lowest BCUT2D eigenvalue weighted by atomic mass is 9.92. The first-order valence-corrected chi connectivity index (χ1v) is 8.46. The third-order valence-corrected chi connectivity index (χ3v) is 5.14. The fraction of sp³-hybridized carbons (Fsp3) is 0.450. The average molecular weight is 340 g/mol. The van der Waals surface area contributed by atoms with Gasteiger partial charge in [-0.1, -0.05) is 12.0 Å². The van der Waals surface area contributed by atoms with Crippen molar-refractivity contribution in [2.24, 2.45) is 0 Å². The van der Waals surface area contributed by atoms with Crippen LogP contribution in [0.2, 0.25) is 0 Å². The molecule has 132 valence electrons. The topological polar surface area (TPSA) is 54.6 Å². The number of aromatic amines is 1. The van der Waals surface area contributed by atoms with Gasteiger partial charge < -0.3 is 19.4 Å². The number of pyridine rings is 1. The summed E-state index contributed by atoms with van der Waals surface area (Å²) in [6.45, 7) is 4.23. The Hall–Kier alpha value is -2.29. The molecule has 0 atom stereocenters. The zero-order chi connectivity index (χ0) is 18.0. The van der Waals surface area contributed by atoms with Crippen molar-refractivity contribution in [1.82, 2.24) is 4.98 Å². The Balaban J connectivity index is 2.13. The number of hydrogen-bond acceptors (Lipinski definition) is 4. The first-order chi connectivity index (χ1) is 12.0. The Morgan fingerprint density at radius 1 is 1.32 bits per heavy atom. The van der Waals surface area contributed by atoms with Gasteiger partial charge in [0.05, 0.1) is 23.4 Å². The number of nitrogens with one attached hydrogen (secondary N) is 1. The van der Waals surface area contributed by atoms with Crippen LogP contribution >= 0.6 is 0 Å². The number of hydrogen-bond donors (Lipinski definition) is 1. The van der Waals surface area contributed by atoms with Gasteiger partial charge in [0, 0.05) is 32.7 Å². The normalized spacial score (nSPS) is 16.8. The number of anilines is 1. The molecule has 1 N–H and O–H groups in total. The van der Waals surface area contributed by atoms with Crippen molar-refractivity contribution in [3.63, 3.8) is 0 Å². The molecule has 1 aromatic heterocycles. The van der Waals surface area contributed by atoms with Crippen LogP contribution < -0.4 is 10.5 Å². The molecule has 0 radical (unpaired) electrons. The van der Waals surface area contributed by atoms with E-state index >= 15 is 0 Å². The summed E-state index contributed by atoms with van der Waals surface area (Å²) >= 11 is 0. The number of ether oxygens (including phenoxy) is 2. The van der Waals surface area contributed by atoms with Crippen molar-refractivity contribution in [2.75, 3.05) is 32.2 Å². The van der Waals surface area contributed by atoms with E-state index in [0.717, 1.165) is 48.1 Å². The molecule has 0 aliphatic carbocycles. The van der Waals surface area contributed by atoms with Crippen LogP contribution in [0, 0.1) is 12.3 Å². The predicted octanol–water partition coefficient (Wildman–Crippen LogP) is 2.66. The first kappa shape index (κ1) is 17.5. The summed E-state index contributed by atoms with van der Waals surface area (Å²) in [4.78, 5) is 17.6. The molecule has 2 heterocycles. The smallest absolute Gasteiger partial charge is 0.266 e. The summed E-state index contributed by atoms with van der Waals surface area (Å²) in [7, 11) is 3.42.